The average molecular weight is 425 g/mol. The van der Waals surface area contributed by atoms with Crippen molar-refractivity contribution < 1.29 is 23.2 Å². The minimum Gasteiger partial charge on any atom is -0.388 e. The standard InChI is InChI=1S/C20H29F2N5O3/c1-3-8-27-9-6-20(7-10-27)12-15(26-30-20)16(28)24-14(11-18(2,21)22)17(29)25-19(13-23)4-5-19/h14H,3-12H2,1-2H3,(H,24,28)(H,25,29)/t14-/m0/s1. The van der Waals surface area contributed by atoms with Crippen LogP contribution >= 0.6 is 0 Å². The zero-order valence-electron chi connectivity index (χ0n) is 17.5. The summed E-state index contributed by atoms with van der Waals surface area (Å²) in [4.78, 5) is 33.1. The van der Waals surface area contributed by atoms with Gasteiger partial charge in [0.05, 0.1) is 6.07 Å². The monoisotopic (exact) mass is 425 g/mol. The Morgan fingerprint density at radius 2 is 2.00 bits per heavy atom. The molecule has 1 saturated carbocycles. The van der Waals surface area contributed by atoms with Crippen molar-refractivity contribution in [3.05, 3.63) is 0 Å². The van der Waals surface area contributed by atoms with Crippen LogP contribution in [0.5, 0.6) is 0 Å². The Hall–Kier alpha value is -2.28. The highest BCUT2D eigenvalue weighted by Crippen LogP contribution is 2.36. The second-order valence-corrected chi connectivity index (χ2v) is 8.81. The molecule has 2 amide bonds. The highest BCUT2D eigenvalue weighted by Gasteiger charge is 2.47. The summed E-state index contributed by atoms with van der Waals surface area (Å²) < 4.78 is 27.2. The number of piperidine rings is 1. The van der Waals surface area contributed by atoms with Crippen molar-refractivity contribution in [1.29, 1.82) is 5.26 Å². The molecule has 2 heterocycles. The third-order valence-electron chi connectivity index (χ3n) is 5.92. The largest absolute Gasteiger partial charge is 0.388 e. The second kappa shape index (κ2) is 8.46. The van der Waals surface area contributed by atoms with E-state index in [1.165, 1.54) is 0 Å². The fourth-order valence-corrected chi connectivity index (χ4v) is 3.93. The van der Waals surface area contributed by atoms with Gasteiger partial charge in [-0.25, -0.2) is 8.78 Å². The van der Waals surface area contributed by atoms with Gasteiger partial charge in [-0.15, -0.1) is 0 Å². The Bertz CT molecular complexity index is 747. The van der Waals surface area contributed by atoms with Crippen LogP contribution < -0.4 is 10.6 Å². The van der Waals surface area contributed by atoms with Crippen LogP contribution in [0.3, 0.4) is 0 Å². The molecular weight excluding hydrogens is 396 g/mol. The molecule has 3 rings (SSSR count). The normalized spacial score (nSPS) is 23.1. The van der Waals surface area contributed by atoms with Gasteiger partial charge in [0.15, 0.2) is 0 Å². The molecule has 1 spiro atoms. The number of hydrogen-bond acceptors (Lipinski definition) is 6. The number of oxime groups is 1. The molecule has 2 N–H and O–H groups in total. The molecule has 0 unspecified atom stereocenters. The number of likely N-dealkylation sites (tertiary alicyclic amines) is 1. The van der Waals surface area contributed by atoms with Crippen LogP contribution in [0.4, 0.5) is 8.78 Å². The Morgan fingerprint density at radius 1 is 1.33 bits per heavy atom. The first-order valence-corrected chi connectivity index (χ1v) is 10.5. The van der Waals surface area contributed by atoms with Crippen LogP contribution in [0.25, 0.3) is 0 Å². The molecule has 0 aromatic heterocycles. The van der Waals surface area contributed by atoms with Gasteiger partial charge in [-0.2, -0.15) is 5.26 Å². The van der Waals surface area contributed by atoms with Gasteiger partial charge in [-0.05, 0) is 32.7 Å². The lowest BCUT2D eigenvalue weighted by Crippen LogP contribution is -2.53. The predicted molar refractivity (Wildman–Crippen MR) is 105 cm³/mol. The lowest BCUT2D eigenvalue weighted by atomic mass is 9.86. The van der Waals surface area contributed by atoms with E-state index in [0.29, 0.717) is 19.8 Å². The molecule has 0 aromatic rings. The van der Waals surface area contributed by atoms with Gasteiger partial charge in [0.25, 0.3) is 5.91 Å². The molecular formula is C20H29F2N5O3. The molecule has 10 heteroatoms. The molecule has 2 aliphatic heterocycles. The van der Waals surface area contributed by atoms with E-state index in [1.807, 2.05) is 6.07 Å². The zero-order valence-corrected chi connectivity index (χ0v) is 17.5. The number of nitriles is 1. The van der Waals surface area contributed by atoms with Crippen molar-refractivity contribution in [2.45, 2.75) is 81.9 Å². The van der Waals surface area contributed by atoms with E-state index < -0.39 is 41.3 Å². The fraction of sp³-hybridized carbons (Fsp3) is 0.800. The Morgan fingerprint density at radius 3 is 2.53 bits per heavy atom. The number of halogens is 2. The van der Waals surface area contributed by atoms with Crippen LogP contribution in [0.1, 0.15) is 58.8 Å². The van der Waals surface area contributed by atoms with Crippen LogP contribution in [0, 0.1) is 11.3 Å². The van der Waals surface area contributed by atoms with Crippen LogP contribution in [0.15, 0.2) is 5.16 Å². The lowest BCUT2D eigenvalue weighted by molar-refractivity contribution is -0.129. The number of nitrogens with zero attached hydrogens (tertiary/aromatic N) is 3. The molecule has 30 heavy (non-hydrogen) atoms. The summed E-state index contributed by atoms with van der Waals surface area (Å²) in [5.41, 5.74) is -1.44. The number of nitrogens with one attached hydrogen (secondary N) is 2. The molecule has 0 aromatic carbocycles. The summed E-state index contributed by atoms with van der Waals surface area (Å²) in [7, 11) is 0. The van der Waals surface area contributed by atoms with Crippen molar-refractivity contribution in [1.82, 2.24) is 15.5 Å². The van der Waals surface area contributed by atoms with Gasteiger partial charge in [0.2, 0.25) is 11.8 Å². The SMILES string of the molecule is CCCN1CCC2(CC1)CC(C(=O)N[C@@H](CC(C)(F)F)C(=O)NC1(C#N)CC1)=NO2. The van der Waals surface area contributed by atoms with Crippen molar-refractivity contribution >= 4 is 17.5 Å². The summed E-state index contributed by atoms with van der Waals surface area (Å²) >= 11 is 0. The topological polar surface area (TPSA) is 107 Å². The molecule has 3 aliphatic rings. The number of amides is 2. The molecule has 1 aliphatic carbocycles. The molecule has 8 nitrogen and oxygen atoms in total. The highest BCUT2D eigenvalue weighted by atomic mass is 19.3. The molecule has 0 radical (unpaired) electrons. The van der Waals surface area contributed by atoms with Gasteiger partial charge in [0.1, 0.15) is 22.9 Å². The van der Waals surface area contributed by atoms with E-state index in [-0.39, 0.29) is 12.1 Å². The number of rotatable bonds is 8. The molecule has 2 fully saturated rings. The van der Waals surface area contributed by atoms with Crippen molar-refractivity contribution in [3.8, 4) is 6.07 Å². The number of carbonyl (C=O) groups is 2. The first-order chi connectivity index (χ1) is 14.1. The summed E-state index contributed by atoms with van der Waals surface area (Å²) in [5.74, 6) is -4.64. The molecule has 166 valence electrons. The fourth-order valence-electron chi connectivity index (χ4n) is 3.93. The van der Waals surface area contributed by atoms with Crippen LogP contribution in [-0.2, 0) is 14.4 Å². The summed E-state index contributed by atoms with van der Waals surface area (Å²) in [6.45, 7) is 5.52. The molecule has 1 saturated heterocycles. The minimum absolute atomic E-state index is 0.109. The van der Waals surface area contributed by atoms with Crippen molar-refractivity contribution in [2.75, 3.05) is 19.6 Å². The quantitative estimate of drug-likeness (QED) is 0.616. The first kappa shape index (κ1) is 22.4. The average Bonchev–Trinajstić information content (AvgIpc) is 3.33. The van der Waals surface area contributed by atoms with Gasteiger partial charge in [0, 0.05) is 38.8 Å². The smallest absolute Gasteiger partial charge is 0.269 e. The molecule has 1 atom stereocenters. The lowest BCUT2D eigenvalue weighted by Gasteiger charge is -2.37. The summed E-state index contributed by atoms with van der Waals surface area (Å²) in [5, 5.41) is 17.9. The van der Waals surface area contributed by atoms with Crippen molar-refractivity contribution in [2.24, 2.45) is 5.16 Å². The Balaban J connectivity index is 1.59. The number of alkyl halides is 2. The van der Waals surface area contributed by atoms with Gasteiger partial charge < -0.3 is 20.4 Å². The maximum atomic E-state index is 13.6. The minimum atomic E-state index is -3.17. The van der Waals surface area contributed by atoms with Gasteiger partial charge in [-0.1, -0.05) is 12.1 Å². The van der Waals surface area contributed by atoms with E-state index >= 15 is 0 Å². The van der Waals surface area contributed by atoms with Gasteiger partial charge >= 0.3 is 0 Å². The van der Waals surface area contributed by atoms with Crippen molar-refractivity contribution in [3.63, 3.8) is 0 Å². The highest BCUT2D eigenvalue weighted by molar-refractivity contribution is 6.39. The third kappa shape index (κ3) is 5.45. The third-order valence-corrected chi connectivity index (χ3v) is 5.92. The predicted octanol–water partition coefficient (Wildman–Crippen LogP) is 1.71. The van der Waals surface area contributed by atoms with Crippen LogP contribution in [0.2, 0.25) is 0 Å². The second-order valence-electron chi connectivity index (χ2n) is 8.81. The summed E-state index contributed by atoms with van der Waals surface area (Å²) in [6.07, 6.45) is 2.89. The summed E-state index contributed by atoms with van der Waals surface area (Å²) in [6, 6.07) is 0.517. The number of hydrogen-bond donors (Lipinski definition) is 2. The molecule has 0 bridgehead atoms. The maximum Gasteiger partial charge on any atom is 0.269 e. The Labute approximate surface area is 175 Å². The van der Waals surface area contributed by atoms with E-state index in [2.05, 4.69) is 27.6 Å². The first-order valence-electron chi connectivity index (χ1n) is 10.5. The Kier molecular flexibility index (Phi) is 6.32. The van der Waals surface area contributed by atoms with Gasteiger partial charge in [-0.3, -0.25) is 9.59 Å². The van der Waals surface area contributed by atoms with E-state index in [9.17, 15) is 18.4 Å². The number of carbonyl (C=O) groups excluding carboxylic acids is 2. The van der Waals surface area contributed by atoms with E-state index in [1.54, 1.807) is 0 Å². The van der Waals surface area contributed by atoms with E-state index in [0.717, 1.165) is 38.9 Å². The zero-order chi connectivity index (χ0) is 22.0. The maximum absolute atomic E-state index is 13.6. The van der Waals surface area contributed by atoms with E-state index in [4.69, 9.17) is 10.1 Å². The van der Waals surface area contributed by atoms with Crippen LogP contribution in [-0.4, -0.2) is 65.2 Å².